The molecule has 0 aliphatic carbocycles. The molecule has 0 aliphatic heterocycles. The molecule has 1 rings (SSSR count). The molecule has 0 saturated carbocycles. The van der Waals surface area contributed by atoms with Gasteiger partial charge >= 0.3 is 6.03 Å². The quantitative estimate of drug-likeness (QED) is 0.788. The van der Waals surface area contributed by atoms with Gasteiger partial charge in [-0.1, -0.05) is 23.2 Å². The molecule has 0 spiro atoms. The van der Waals surface area contributed by atoms with Gasteiger partial charge in [-0.05, 0) is 12.1 Å². The van der Waals surface area contributed by atoms with Gasteiger partial charge in [-0.25, -0.2) is 9.18 Å². The molecule has 3 amide bonds. The van der Waals surface area contributed by atoms with E-state index in [1.807, 2.05) is 5.32 Å². The standard InChI is InChI=1S/C9H8Cl2FN3O2/c10-5-1-4(12)2-6(11)8(5)14-3-7(16)15-9(13)17/h1-2,14H,3H2,(H3,13,15,16,17). The Kier molecular flexibility index (Phi) is 4.53. The maximum atomic E-state index is 12.8. The molecule has 17 heavy (non-hydrogen) atoms. The number of halogens is 3. The number of rotatable bonds is 3. The van der Waals surface area contributed by atoms with Crippen molar-refractivity contribution in [3.8, 4) is 0 Å². The Bertz CT molecular complexity index is 445. The number of hydrogen-bond acceptors (Lipinski definition) is 3. The second kappa shape index (κ2) is 5.70. The van der Waals surface area contributed by atoms with Crippen LogP contribution in [-0.4, -0.2) is 18.5 Å². The monoisotopic (exact) mass is 279 g/mol. The number of urea groups is 1. The average Bonchev–Trinajstić information content (AvgIpc) is 2.14. The highest BCUT2D eigenvalue weighted by Crippen LogP contribution is 2.30. The first-order valence-corrected chi connectivity index (χ1v) is 5.13. The van der Waals surface area contributed by atoms with Crippen LogP contribution in [0.5, 0.6) is 0 Å². The van der Waals surface area contributed by atoms with Gasteiger partial charge in [0.2, 0.25) is 5.91 Å². The van der Waals surface area contributed by atoms with Gasteiger partial charge < -0.3 is 11.1 Å². The predicted octanol–water partition coefficient (Wildman–Crippen LogP) is 1.74. The Hall–Kier alpha value is -1.53. The van der Waals surface area contributed by atoms with Crippen LogP contribution in [0, 0.1) is 5.82 Å². The number of hydrogen-bond donors (Lipinski definition) is 3. The molecular weight excluding hydrogens is 272 g/mol. The van der Waals surface area contributed by atoms with Gasteiger partial charge in [-0.15, -0.1) is 0 Å². The highest BCUT2D eigenvalue weighted by atomic mass is 35.5. The third-order valence-electron chi connectivity index (χ3n) is 1.70. The van der Waals surface area contributed by atoms with Crippen molar-refractivity contribution in [2.75, 3.05) is 11.9 Å². The zero-order valence-corrected chi connectivity index (χ0v) is 9.90. The first-order valence-electron chi connectivity index (χ1n) is 4.38. The van der Waals surface area contributed by atoms with Crippen molar-refractivity contribution in [3.63, 3.8) is 0 Å². The summed E-state index contributed by atoms with van der Waals surface area (Å²) in [7, 11) is 0. The van der Waals surface area contributed by atoms with E-state index in [0.29, 0.717) is 0 Å². The molecule has 0 aliphatic rings. The number of nitrogens with two attached hydrogens (primary N) is 1. The Morgan fingerprint density at radius 1 is 1.29 bits per heavy atom. The first-order chi connectivity index (χ1) is 7.90. The van der Waals surface area contributed by atoms with Gasteiger partial charge in [-0.2, -0.15) is 0 Å². The largest absolute Gasteiger partial charge is 0.374 e. The summed E-state index contributed by atoms with van der Waals surface area (Å²) in [5.41, 5.74) is 4.94. The van der Waals surface area contributed by atoms with E-state index in [1.54, 1.807) is 0 Å². The van der Waals surface area contributed by atoms with Gasteiger partial charge in [0.05, 0.1) is 22.3 Å². The summed E-state index contributed by atoms with van der Waals surface area (Å²) in [6.07, 6.45) is 0. The molecule has 0 bridgehead atoms. The van der Waals surface area contributed by atoms with Crippen molar-refractivity contribution in [2.45, 2.75) is 0 Å². The third kappa shape index (κ3) is 4.08. The number of imide groups is 1. The van der Waals surface area contributed by atoms with E-state index in [-0.39, 0.29) is 22.3 Å². The minimum atomic E-state index is -0.965. The van der Waals surface area contributed by atoms with Gasteiger partial charge in [0.1, 0.15) is 5.82 Å². The van der Waals surface area contributed by atoms with Crippen LogP contribution in [0.2, 0.25) is 10.0 Å². The molecule has 0 fully saturated rings. The molecule has 0 unspecified atom stereocenters. The van der Waals surface area contributed by atoms with Crippen LogP contribution in [0.25, 0.3) is 0 Å². The normalized spacial score (nSPS) is 9.82. The summed E-state index contributed by atoms with van der Waals surface area (Å²) in [4.78, 5) is 21.4. The van der Waals surface area contributed by atoms with Crippen molar-refractivity contribution in [1.29, 1.82) is 0 Å². The lowest BCUT2D eigenvalue weighted by molar-refractivity contribution is -0.118. The molecule has 0 saturated heterocycles. The van der Waals surface area contributed by atoms with Crippen LogP contribution in [0.3, 0.4) is 0 Å². The summed E-state index contributed by atoms with van der Waals surface area (Å²) in [5.74, 6) is -1.25. The number of carbonyl (C=O) groups excluding carboxylic acids is 2. The van der Waals surface area contributed by atoms with Gasteiger partial charge in [0.15, 0.2) is 0 Å². The van der Waals surface area contributed by atoms with E-state index >= 15 is 0 Å². The molecule has 92 valence electrons. The van der Waals surface area contributed by atoms with Crippen LogP contribution >= 0.6 is 23.2 Å². The van der Waals surface area contributed by atoms with E-state index in [0.717, 1.165) is 12.1 Å². The minimum Gasteiger partial charge on any atom is -0.374 e. The molecule has 8 heteroatoms. The summed E-state index contributed by atoms with van der Waals surface area (Å²) in [5, 5.41) is 4.46. The van der Waals surface area contributed by atoms with E-state index in [9.17, 15) is 14.0 Å². The van der Waals surface area contributed by atoms with Crippen molar-refractivity contribution in [2.24, 2.45) is 5.73 Å². The van der Waals surface area contributed by atoms with Crippen LogP contribution in [0.1, 0.15) is 0 Å². The summed E-state index contributed by atoms with van der Waals surface area (Å²) in [6.45, 7) is -0.270. The molecule has 0 atom stereocenters. The molecule has 5 nitrogen and oxygen atoms in total. The predicted molar refractivity (Wildman–Crippen MR) is 62.6 cm³/mol. The smallest absolute Gasteiger partial charge is 0.318 e. The van der Waals surface area contributed by atoms with Crippen LogP contribution in [0.15, 0.2) is 12.1 Å². The lowest BCUT2D eigenvalue weighted by Crippen LogP contribution is -2.38. The van der Waals surface area contributed by atoms with Gasteiger partial charge in [0.25, 0.3) is 0 Å². The summed E-state index contributed by atoms with van der Waals surface area (Å²) >= 11 is 11.4. The highest BCUT2D eigenvalue weighted by Gasteiger charge is 2.10. The fraction of sp³-hybridized carbons (Fsp3) is 0.111. The lowest BCUT2D eigenvalue weighted by atomic mass is 10.3. The molecule has 0 heterocycles. The molecular formula is C9H8Cl2FN3O2. The fourth-order valence-electron chi connectivity index (χ4n) is 1.06. The number of nitrogens with one attached hydrogen (secondary N) is 2. The molecule has 0 radical (unpaired) electrons. The Labute approximate surface area is 106 Å². The zero-order valence-electron chi connectivity index (χ0n) is 8.39. The Balaban J connectivity index is 2.70. The van der Waals surface area contributed by atoms with Crippen LogP contribution < -0.4 is 16.4 Å². The molecule has 4 N–H and O–H groups in total. The number of anilines is 1. The van der Waals surface area contributed by atoms with Gasteiger partial charge in [-0.3, -0.25) is 10.1 Å². The lowest BCUT2D eigenvalue weighted by Gasteiger charge is -2.09. The topological polar surface area (TPSA) is 84.2 Å². The van der Waals surface area contributed by atoms with Crippen molar-refractivity contribution in [3.05, 3.63) is 28.0 Å². The number of benzene rings is 1. The first kappa shape index (κ1) is 13.5. The number of amides is 3. The Morgan fingerprint density at radius 2 is 1.82 bits per heavy atom. The van der Waals surface area contributed by atoms with Crippen LogP contribution in [0.4, 0.5) is 14.9 Å². The van der Waals surface area contributed by atoms with E-state index < -0.39 is 17.8 Å². The third-order valence-corrected chi connectivity index (χ3v) is 2.29. The maximum Gasteiger partial charge on any atom is 0.318 e. The van der Waals surface area contributed by atoms with Crippen LogP contribution in [-0.2, 0) is 4.79 Å². The fourth-order valence-corrected chi connectivity index (χ4v) is 1.66. The molecule has 1 aromatic carbocycles. The van der Waals surface area contributed by atoms with E-state index in [1.165, 1.54) is 0 Å². The second-order valence-corrected chi connectivity index (χ2v) is 3.82. The molecule has 0 aromatic heterocycles. The van der Waals surface area contributed by atoms with E-state index in [2.05, 4.69) is 5.32 Å². The van der Waals surface area contributed by atoms with Crippen molar-refractivity contribution < 1.29 is 14.0 Å². The molecule has 1 aromatic rings. The van der Waals surface area contributed by atoms with Crippen molar-refractivity contribution in [1.82, 2.24) is 5.32 Å². The summed E-state index contributed by atoms with van der Waals surface area (Å²) in [6, 6.07) is 1.12. The minimum absolute atomic E-state index is 0.0295. The van der Waals surface area contributed by atoms with Crippen molar-refractivity contribution >= 4 is 40.8 Å². The highest BCUT2D eigenvalue weighted by molar-refractivity contribution is 6.39. The average molecular weight is 280 g/mol. The number of primary amides is 1. The Morgan fingerprint density at radius 3 is 2.29 bits per heavy atom. The SMILES string of the molecule is NC(=O)NC(=O)CNc1c(Cl)cc(F)cc1Cl. The maximum absolute atomic E-state index is 12.8. The number of carbonyl (C=O) groups is 2. The zero-order chi connectivity index (χ0) is 13.0. The van der Waals surface area contributed by atoms with Gasteiger partial charge in [0, 0.05) is 0 Å². The summed E-state index contributed by atoms with van der Waals surface area (Å²) < 4.78 is 12.8. The van der Waals surface area contributed by atoms with E-state index in [4.69, 9.17) is 28.9 Å². The second-order valence-electron chi connectivity index (χ2n) is 3.01.